The highest BCUT2D eigenvalue weighted by Crippen LogP contribution is 2.25. The lowest BCUT2D eigenvalue weighted by Crippen LogP contribution is -2.31. The Balaban J connectivity index is 2.16. The summed E-state index contributed by atoms with van der Waals surface area (Å²) in [6, 6.07) is 14.0. The summed E-state index contributed by atoms with van der Waals surface area (Å²) in [6.07, 6.45) is 0.698. The number of benzene rings is 2. The second kappa shape index (κ2) is 9.53. The van der Waals surface area contributed by atoms with Crippen molar-refractivity contribution in [1.29, 1.82) is 0 Å². The number of carbonyl (C=O) groups is 1. The van der Waals surface area contributed by atoms with Gasteiger partial charge in [0.05, 0.1) is 6.61 Å². The molecule has 0 saturated carbocycles. The zero-order valence-corrected chi connectivity index (χ0v) is 16.7. The number of hydrogen-bond donors (Lipinski definition) is 2. The maximum Gasteiger partial charge on any atom is 0.251 e. The summed E-state index contributed by atoms with van der Waals surface area (Å²) in [5, 5.41) is 2.82. The smallest absolute Gasteiger partial charge is 0.251 e. The Hall–Kier alpha value is -2.38. The van der Waals surface area contributed by atoms with Crippen LogP contribution in [0.1, 0.15) is 36.7 Å². The lowest BCUT2D eigenvalue weighted by Gasteiger charge is -2.15. The first-order valence-electron chi connectivity index (χ1n) is 8.94. The molecule has 2 aromatic carbocycles. The van der Waals surface area contributed by atoms with Crippen LogP contribution in [0.15, 0.2) is 53.4 Å². The maximum absolute atomic E-state index is 12.6. The van der Waals surface area contributed by atoms with E-state index >= 15 is 0 Å². The van der Waals surface area contributed by atoms with Crippen molar-refractivity contribution < 1.29 is 17.9 Å². The topological polar surface area (TPSA) is 84.5 Å². The normalized spacial score (nSPS) is 11.4. The zero-order valence-electron chi connectivity index (χ0n) is 15.9. The second-order valence-electron chi connectivity index (χ2n) is 6.36. The van der Waals surface area contributed by atoms with E-state index < -0.39 is 10.0 Å². The van der Waals surface area contributed by atoms with Crippen LogP contribution in [0.5, 0.6) is 5.75 Å². The van der Waals surface area contributed by atoms with Crippen LogP contribution in [0.2, 0.25) is 0 Å². The van der Waals surface area contributed by atoms with Crippen LogP contribution in [0, 0.1) is 0 Å². The fourth-order valence-corrected chi connectivity index (χ4v) is 4.00. The van der Waals surface area contributed by atoms with E-state index in [2.05, 4.69) is 10.0 Å². The molecule has 1 amide bonds. The van der Waals surface area contributed by atoms with Crippen molar-refractivity contribution in [3.63, 3.8) is 0 Å². The Kier molecular flexibility index (Phi) is 7.38. The molecule has 0 aliphatic heterocycles. The van der Waals surface area contributed by atoms with Gasteiger partial charge in [-0.1, -0.05) is 30.3 Å². The Morgan fingerprint density at radius 3 is 2.44 bits per heavy atom. The minimum absolute atomic E-state index is 0.0336. The molecule has 0 bridgehead atoms. The van der Waals surface area contributed by atoms with Gasteiger partial charge in [0, 0.05) is 18.2 Å². The highest BCUT2D eigenvalue weighted by atomic mass is 32.2. The average molecular weight is 391 g/mol. The van der Waals surface area contributed by atoms with Gasteiger partial charge in [-0.15, -0.1) is 0 Å². The fraction of sp³-hybridized carbons (Fsp3) is 0.350. The molecule has 0 spiro atoms. The lowest BCUT2D eigenvalue weighted by molar-refractivity contribution is 0.0954. The number of amides is 1. The highest BCUT2D eigenvalue weighted by Gasteiger charge is 2.22. The number of nitrogens with one attached hydrogen (secondary N) is 2. The molecule has 7 heteroatoms. The van der Waals surface area contributed by atoms with E-state index in [0.717, 1.165) is 5.56 Å². The molecule has 2 rings (SSSR count). The minimum atomic E-state index is -3.79. The van der Waals surface area contributed by atoms with Gasteiger partial charge >= 0.3 is 0 Å². The number of ether oxygens (including phenoxy) is 1. The molecule has 6 nitrogen and oxygen atoms in total. The highest BCUT2D eigenvalue weighted by molar-refractivity contribution is 7.89. The van der Waals surface area contributed by atoms with Gasteiger partial charge in [-0.05, 0) is 51.0 Å². The van der Waals surface area contributed by atoms with Crippen molar-refractivity contribution in [3.05, 3.63) is 59.7 Å². The molecular formula is C20H26N2O4S. The van der Waals surface area contributed by atoms with Gasteiger partial charge in [0.15, 0.2) is 0 Å². The molecule has 0 fully saturated rings. The van der Waals surface area contributed by atoms with Crippen molar-refractivity contribution in [2.24, 2.45) is 0 Å². The van der Waals surface area contributed by atoms with Crippen molar-refractivity contribution in [1.82, 2.24) is 10.0 Å². The van der Waals surface area contributed by atoms with Crippen LogP contribution in [0.25, 0.3) is 0 Å². The van der Waals surface area contributed by atoms with E-state index in [0.29, 0.717) is 19.6 Å². The third-order valence-corrected chi connectivity index (χ3v) is 5.41. The molecule has 0 aromatic heterocycles. The monoisotopic (exact) mass is 390 g/mol. The first kappa shape index (κ1) is 20.9. The summed E-state index contributed by atoms with van der Waals surface area (Å²) < 4.78 is 33.1. The van der Waals surface area contributed by atoms with E-state index in [1.807, 2.05) is 30.3 Å². The molecule has 27 heavy (non-hydrogen) atoms. The second-order valence-corrected chi connectivity index (χ2v) is 8.04. The van der Waals surface area contributed by atoms with Crippen molar-refractivity contribution in [3.8, 4) is 5.75 Å². The minimum Gasteiger partial charge on any atom is -0.492 e. The molecule has 2 N–H and O–H groups in total. The van der Waals surface area contributed by atoms with E-state index in [1.54, 1.807) is 26.8 Å². The third kappa shape index (κ3) is 6.08. The molecule has 0 aliphatic rings. The van der Waals surface area contributed by atoms with E-state index in [1.165, 1.54) is 12.1 Å². The number of carbonyl (C=O) groups excluding carboxylic acids is 1. The van der Waals surface area contributed by atoms with Crippen molar-refractivity contribution >= 4 is 15.9 Å². The molecule has 0 atom stereocenters. The number of sulfonamides is 1. The van der Waals surface area contributed by atoms with Crippen LogP contribution < -0.4 is 14.8 Å². The Bertz CT molecular complexity index is 865. The Labute approximate surface area is 161 Å². The average Bonchev–Trinajstić information content (AvgIpc) is 2.62. The molecule has 0 unspecified atom stereocenters. The van der Waals surface area contributed by atoms with E-state index in [4.69, 9.17) is 4.74 Å². The molecule has 0 saturated heterocycles. The molecule has 0 heterocycles. The standard InChI is InChI=1S/C20H26N2O4S/c1-4-26-18-11-10-17(14-19(18)27(24,25)22-15(2)3)20(23)21-13-12-16-8-6-5-7-9-16/h5-11,14-15,22H,4,12-13H2,1-3H3,(H,21,23). The summed E-state index contributed by atoms with van der Waals surface area (Å²) in [5.74, 6) is -0.0959. The van der Waals surface area contributed by atoms with Gasteiger partial charge in [0.2, 0.25) is 10.0 Å². The van der Waals surface area contributed by atoms with Crippen LogP contribution in [0.3, 0.4) is 0 Å². The van der Waals surface area contributed by atoms with Gasteiger partial charge in [-0.2, -0.15) is 0 Å². The molecular weight excluding hydrogens is 364 g/mol. The quantitative estimate of drug-likeness (QED) is 0.689. The van der Waals surface area contributed by atoms with Crippen molar-refractivity contribution in [2.75, 3.05) is 13.2 Å². The molecule has 0 aliphatic carbocycles. The van der Waals surface area contributed by atoms with Gasteiger partial charge in [-0.25, -0.2) is 13.1 Å². The fourth-order valence-electron chi connectivity index (χ4n) is 2.57. The SMILES string of the molecule is CCOc1ccc(C(=O)NCCc2ccccc2)cc1S(=O)(=O)NC(C)C. The van der Waals surface area contributed by atoms with Crippen LogP contribution in [0.4, 0.5) is 0 Å². The molecule has 0 radical (unpaired) electrons. The summed E-state index contributed by atoms with van der Waals surface area (Å²) in [5.41, 5.74) is 1.39. The van der Waals surface area contributed by atoms with Crippen LogP contribution >= 0.6 is 0 Å². The molecule has 2 aromatic rings. The summed E-state index contributed by atoms with van der Waals surface area (Å²) in [7, 11) is -3.79. The summed E-state index contributed by atoms with van der Waals surface area (Å²) in [4.78, 5) is 12.4. The Morgan fingerprint density at radius 2 is 1.81 bits per heavy atom. The number of rotatable bonds is 9. The molecule has 146 valence electrons. The van der Waals surface area contributed by atoms with E-state index in [9.17, 15) is 13.2 Å². The Morgan fingerprint density at radius 1 is 1.11 bits per heavy atom. The predicted molar refractivity (Wildman–Crippen MR) is 106 cm³/mol. The first-order valence-corrected chi connectivity index (χ1v) is 10.4. The third-order valence-electron chi connectivity index (χ3n) is 3.73. The zero-order chi connectivity index (χ0) is 19.9. The number of hydrogen-bond acceptors (Lipinski definition) is 4. The van der Waals surface area contributed by atoms with E-state index in [-0.39, 0.29) is 28.2 Å². The van der Waals surface area contributed by atoms with Gasteiger partial charge in [0.1, 0.15) is 10.6 Å². The maximum atomic E-state index is 12.6. The van der Waals surface area contributed by atoms with Gasteiger partial charge < -0.3 is 10.1 Å². The largest absolute Gasteiger partial charge is 0.492 e. The lowest BCUT2D eigenvalue weighted by atomic mass is 10.1. The van der Waals surface area contributed by atoms with Crippen LogP contribution in [-0.2, 0) is 16.4 Å². The van der Waals surface area contributed by atoms with Gasteiger partial charge in [0.25, 0.3) is 5.91 Å². The van der Waals surface area contributed by atoms with Gasteiger partial charge in [-0.3, -0.25) is 4.79 Å². The van der Waals surface area contributed by atoms with Crippen molar-refractivity contribution in [2.45, 2.75) is 38.1 Å². The summed E-state index contributed by atoms with van der Waals surface area (Å²) >= 11 is 0. The van der Waals surface area contributed by atoms with Crippen LogP contribution in [-0.4, -0.2) is 33.5 Å². The first-order chi connectivity index (χ1) is 12.8. The summed E-state index contributed by atoms with van der Waals surface area (Å²) in [6.45, 7) is 6.03. The predicted octanol–water partition coefficient (Wildman–Crippen LogP) is 2.74.